The summed E-state index contributed by atoms with van der Waals surface area (Å²) in [4.78, 5) is 19.4. The Morgan fingerprint density at radius 1 is 0.776 bits per heavy atom. The molecule has 2 atom stereocenters. The highest BCUT2D eigenvalue weighted by molar-refractivity contribution is 5.54. The van der Waals surface area contributed by atoms with Gasteiger partial charge in [-0.3, -0.25) is 0 Å². The molecule has 254 valence electrons. The lowest BCUT2D eigenvalue weighted by atomic mass is 10.1. The Morgan fingerprint density at radius 3 is 2.08 bits per heavy atom. The zero-order chi connectivity index (χ0) is 33.0. The molecule has 12 nitrogen and oxygen atoms in total. The van der Waals surface area contributed by atoms with Crippen LogP contribution in [0.2, 0.25) is 0 Å². The molecule has 12 heteroatoms. The van der Waals surface area contributed by atoms with E-state index in [0.29, 0.717) is 25.7 Å². The minimum atomic E-state index is -0.972. The number of nitrogens with zero attached hydrogens (tertiary/aromatic N) is 8. The number of rotatable bonds is 11. The van der Waals surface area contributed by atoms with E-state index in [1.165, 1.54) is 31.4 Å². The fourth-order valence-electron chi connectivity index (χ4n) is 7.24. The number of benzene rings is 3. The van der Waals surface area contributed by atoms with Gasteiger partial charge >= 0.3 is 5.69 Å². The molecule has 0 amide bonds. The van der Waals surface area contributed by atoms with Gasteiger partial charge in [0.15, 0.2) is 0 Å². The lowest BCUT2D eigenvalue weighted by molar-refractivity contribution is -0.192. The number of anilines is 2. The molecule has 0 N–H and O–H groups in total. The van der Waals surface area contributed by atoms with Crippen LogP contribution < -0.4 is 20.2 Å². The van der Waals surface area contributed by atoms with E-state index < -0.39 is 5.79 Å². The number of piperazine rings is 1. The van der Waals surface area contributed by atoms with Gasteiger partial charge in [0.25, 0.3) is 0 Å². The van der Waals surface area contributed by atoms with E-state index in [1.54, 1.807) is 32.8 Å². The lowest BCUT2D eigenvalue weighted by Gasteiger charge is -2.37. The Hall–Kier alpha value is -4.94. The van der Waals surface area contributed by atoms with E-state index in [2.05, 4.69) is 49.4 Å². The first kappa shape index (κ1) is 31.3. The molecule has 0 radical (unpaired) electrons. The second-order valence-electron chi connectivity index (χ2n) is 13.1. The van der Waals surface area contributed by atoms with Crippen molar-refractivity contribution in [2.24, 2.45) is 5.92 Å². The van der Waals surface area contributed by atoms with Gasteiger partial charge < -0.3 is 24.0 Å². The van der Waals surface area contributed by atoms with Crippen molar-refractivity contribution < 1.29 is 14.2 Å². The third kappa shape index (κ3) is 6.83. The highest BCUT2D eigenvalue weighted by atomic mass is 16.8. The maximum Gasteiger partial charge on any atom is 0.350 e. The number of aromatic nitrogens is 6. The van der Waals surface area contributed by atoms with E-state index in [1.807, 2.05) is 54.6 Å². The molecule has 3 aliphatic rings. The molecule has 1 saturated carbocycles. The van der Waals surface area contributed by atoms with Crippen LogP contribution in [-0.2, 0) is 28.4 Å². The van der Waals surface area contributed by atoms with Crippen molar-refractivity contribution in [2.45, 2.75) is 50.7 Å². The minimum Gasteiger partial charge on any atom is -0.491 e. The highest BCUT2D eigenvalue weighted by Crippen LogP contribution is 2.36. The molecular weight excluding hydrogens is 620 g/mol. The van der Waals surface area contributed by atoms with Crippen LogP contribution >= 0.6 is 0 Å². The van der Waals surface area contributed by atoms with Crippen LogP contribution in [0, 0.1) is 5.92 Å². The Morgan fingerprint density at radius 2 is 1.41 bits per heavy atom. The molecule has 0 spiro atoms. The van der Waals surface area contributed by atoms with Crippen molar-refractivity contribution in [3.8, 4) is 11.4 Å². The van der Waals surface area contributed by atoms with E-state index in [4.69, 9.17) is 14.2 Å². The number of hydrogen-bond donors (Lipinski definition) is 0. The third-order valence-electron chi connectivity index (χ3n) is 9.94. The van der Waals surface area contributed by atoms with Crippen molar-refractivity contribution in [1.29, 1.82) is 0 Å². The van der Waals surface area contributed by atoms with E-state index in [-0.39, 0.29) is 11.8 Å². The summed E-state index contributed by atoms with van der Waals surface area (Å²) in [5.74, 6) is 0.389. The van der Waals surface area contributed by atoms with Gasteiger partial charge in [-0.1, -0.05) is 43.2 Å². The maximum atomic E-state index is 13.0. The third-order valence-corrected chi connectivity index (χ3v) is 9.94. The lowest BCUT2D eigenvalue weighted by Crippen LogP contribution is -2.46. The second kappa shape index (κ2) is 13.9. The predicted octanol–water partition coefficient (Wildman–Crippen LogP) is 4.49. The van der Waals surface area contributed by atoms with Crippen LogP contribution in [0.4, 0.5) is 11.4 Å². The minimum absolute atomic E-state index is 0.0603. The fourth-order valence-corrected chi connectivity index (χ4v) is 7.24. The first-order valence-electron chi connectivity index (χ1n) is 17.3. The van der Waals surface area contributed by atoms with Gasteiger partial charge in [0, 0.05) is 49.7 Å². The van der Waals surface area contributed by atoms with Crippen LogP contribution in [0.15, 0.2) is 102 Å². The fraction of sp³-hybridized carbons (Fsp3) is 0.405. The van der Waals surface area contributed by atoms with Crippen LogP contribution in [0.25, 0.3) is 5.69 Å². The SMILES string of the molecule is O=c1n(-c2ccc(N3CCN(c4ccc(OC[C@@H]5CO[C@@](Cn6nccn6)(c6ccccc6)O5)cc4)CC3)cc2)cnn1CC1CCCC1. The van der Waals surface area contributed by atoms with Gasteiger partial charge in [-0.05, 0) is 67.3 Å². The summed E-state index contributed by atoms with van der Waals surface area (Å²) in [7, 11) is 0. The van der Waals surface area contributed by atoms with Crippen molar-refractivity contribution in [3.05, 3.63) is 114 Å². The van der Waals surface area contributed by atoms with Gasteiger partial charge in [0.2, 0.25) is 5.79 Å². The predicted molar refractivity (Wildman–Crippen MR) is 185 cm³/mol. The number of hydrogen-bond acceptors (Lipinski definition) is 9. The summed E-state index contributed by atoms with van der Waals surface area (Å²) in [6.45, 7) is 5.49. The van der Waals surface area contributed by atoms with Crippen molar-refractivity contribution >= 4 is 11.4 Å². The molecule has 0 unspecified atom stereocenters. The summed E-state index contributed by atoms with van der Waals surface area (Å²) < 4.78 is 22.2. The Bertz CT molecular complexity index is 1850. The molecule has 1 aliphatic carbocycles. The van der Waals surface area contributed by atoms with Gasteiger partial charge in [-0.25, -0.2) is 14.0 Å². The monoisotopic (exact) mass is 662 g/mol. The smallest absolute Gasteiger partial charge is 0.350 e. The van der Waals surface area contributed by atoms with Gasteiger partial charge in [-0.2, -0.15) is 20.1 Å². The molecule has 3 aromatic carbocycles. The molecule has 4 heterocycles. The number of ether oxygens (including phenoxy) is 3. The summed E-state index contributed by atoms with van der Waals surface area (Å²) in [5.41, 5.74) is 4.04. The summed E-state index contributed by atoms with van der Waals surface area (Å²) >= 11 is 0. The summed E-state index contributed by atoms with van der Waals surface area (Å²) in [6, 6.07) is 26.4. The summed E-state index contributed by atoms with van der Waals surface area (Å²) in [6.07, 6.45) is 9.61. The average molecular weight is 663 g/mol. The zero-order valence-electron chi connectivity index (χ0n) is 27.6. The average Bonchev–Trinajstić information content (AvgIpc) is 3.99. The Labute approximate surface area is 285 Å². The maximum absolute atomic E-state index is 13.0. The Kier molecular flexibility index (Phi) is 8.88. The highest BCUT2D eigenvalue weighted by Gasteiger charge is 2.44. The topological polar surface area (TPSA) is 105 Å². The first-order chi connectivity index (χ1) is 24.1. The van der Waals surface area contributed by atoms with Crippen molar-refractivity contribution in [2.75, 3.05) is 49.2 Å². The normalized spacial score (nSPS) is 21.4. The Balaban J connectivity index is 0.828. The van der Waals surface area contributed by atoms with E-state index in [0.717, 1.165) is 55.4 Å². The second-order valence-corrected chi connectivity index (χ2v) is 13.1. The van der Waals surface area contributed by atoms with Gasteiger partial charge in [-0.15, -0.1) is 0 Å². The molecular formula is C37H42N8O4. The van der Waals surface area contributed by atoms with E-state index >= 15 is 0 Å². The van der Waals surface area contributed by atoms with Crippen LogP contribution in [0.1, 0.15) is 31.2 Å². The quantitative estimate of drug-likeness (QED) is 0.202. The van der Waals surface area contributed by atoms with Crippen molar-refractivity contribution in [1.82, 2.24) is 29.3 Å². The molecule has 2 aliphatic heterocycles. The van der Waals surface area contributed by atoms with Crippen LogP contribution in [0.3, 0.4) is 0 Å². The molecule has 2 aromatic heterocycles. The molecule has 8 rings (SSSR count). The standard InChI is InChI=1S/C37H42N8O4/c46-36-43(28-40-44(36)24-29-6-4-5-7-29)33-12-10-31(11-13-33)41-20-22-42(23-21-41)32-14-16-34(17-15-32)47-25-35-26-48-37(49-35,27-45-38-18-19-39-45)30-8-2-1-3-9-30/h1-3,8-19,28-29,35H,4-7,20-27H2/t35-,37-/m1/s1. The van der Waals surface area contributed by atoms with Gasteiger partial charge in [0.1, 0.15) is 31.3 Å². The molecule has 49 heavy (non-hydrogen) atoms. The van der Waals surface area contributed by atoms with Crippen molar-refractivity contribution in [3.63, 3.8) is 0 Å². The van der Waals surface area contributed by atoms with E-state index in [9.17, 15) is 4.79 Å². The van der Waals surface area contributed by atoms with Crippen LogP contribution in [-0.4, -0.2) is 74.8 Å². The molecule has 2 saturated heterocycles. The molecule has 0 bridgehead atoms. The van der Waals surface area contributed by atoms with Gasteiger partial charge in [0.05, 0.1) is 24.7 Å². The zero-order valence-corrected chi connectivity index (χ0v) is 27.6. The summed E-state index contributed by atoms with van der Waals surface area (Å²) in [5, 5.41) is 12.9. The first-order valence-corrected chi connectivity index (χ1v) is 17.3. The largest absolute Gasteiger partial charge is 0.491 e. The molecule has 3 fully saturated rings. The van der Waals surface area contributed by atoms with Crippen LogP contribution in [0.5, 0.6) is 5.75 Å². The molecule has 5 aromatic rings.